The first-order chi connectivity index (χ1) is 12.5. The lowest BCUT2D eigenvalue weighted by Gasteiger charge is -2.23. The van der Waals surface area contributed by atoms with E-state index in [0.717, 1.165) is 12.0 Å². The first-order valence-electron chi connectivity index (χ1n) is 9.31. The number of hydrogen-bond acceptors (Lipinski definition) is 6. The van der Waals surface area contributed by atoms with Crippen LogP contribution in [0.2, 0.25) is 0 Å². The largest absolute Gasteiger partial charge is 0.396 e. The quantitative estimate of drug-likeness (QED) is 0.426. The predicted molar refractivity (Wildman–Crippen MR) is 108 cm³/mol. The standard InChI is InChI=1S/C13H19N3O5.C6H14/c1-13(2,6-8-17)5-7-14-11-4-3-10(15(18)19)9-12(11)16(20)21;1-4-5-6(2)3/h3-4,9,14,17H,5-8H2,1-2H3;6H,4-5H2,1-3H3. The molecule has 0 fully saturated rings. The molecule has 0 spiro atoms. The third-order valence-corrected chi connectivity index (χ3v) is 4.16. The molecule has 0 unspecified atom stereocenters. The molecule has 0 aliphatic carbocycles. The van der Waals surface area contributed by atoms with Crippen molar-refractivity contribution in [3.63, 3.8) is 0 Å². The van der Waals surface area contributed by atoms with Gasteiger partial charge in [-0.25, -0.2) is 0 Å². The molecule has 0 saturated carbocycles. The topological polar surface area (TPSA) is 119 Å². The summed E-state index contributed by atoms with van der Waals surface area (Å²) in [5.41, 5.74) is -0.459. The second-order valence-corrected chi connectivity index (χ2v) is 7.71. The van der Waals surface area contributed by atoms with Gasteiger partial charge in [0.1, 0.15) is 5.69 Å². The normalized spacial score (nSPS) is 10.9. The molecule has 0 aromatic heterocycles. The van der Waals surface area contributed by atoms with Gasteiger partial charge >= 0.3 is 0 Å². The number of aliphatic hydroxyl groups excluding tert-OH is 1. The number of nitro benzene ring substituents is 2. The Balaban J connectivity index is 0.000000972. The summed E-state index contributed by atoms with van der Waals surface area (Å²) in [7, 11) is 0. The molecule has 8 heteroatoms. The Morgan fingerprint density at radius 3 is 2.19 bits per heavy atom. The second-order valence-electron chi connectivity index (χ2n) is 7.71. The molecule has 1 rings (SSSR count). The van der Waals surface area contributed by atoms with Crippen LogP contribution in [0.4, 0.5) is 17.1 Å². The summed E-state index contributed by atoms with van der Waals surface area (Å²) in [5, 5.41) is 33.5. The van der Waals surface area contributed by atoms with Crippen LogP contribution in [0.15, 0.2) is 18.2 Å². The molecule has 27 heavy (non-hydrogen) atoms. The van der Waals surface area contributed by atoms with Crippen molar-refractivity contribution in [2.24, 2.45) is 11.3 Å². The molecule has 0 aliphatic heterocycles. The maximum absolute atomic E-state index is 11.0. The number of rotatable bonds is 10. The van der Waals surface area contributed by atoms with Crippen LogP contribution in [0.1, 0.15) is 60.3 Å². The van der Waals surface area contributed by atoms with Crippen molar-refractivity contribution in [3.8, 4) is 0 Å². The maximum Gasteiger partial charge on any atom is 0.299 e. The van der Waals surface area contributed by atoms with E-state index in [2.05, 4.69) is 26.1 Å². The van der Waals surface area contributed by atoms with Gasteiger partial charge in [-0.15, -0.1) is 0 Å². The fourth-order valence-electron chi connectivity index (χ4n) is 2.47. The van der Waals surface area contributed by atoms with Gasteiger partial charge in [-0.05, 0) is 30.2 Å². The van der Waals surface area contributed by atoms with E-state index in [0.29, 0.717) is 19.4 Å². The number of nitrogens with zero attached hydrogens (tertiary/aromatic N) is 2. The summed E-state index contributed by atoms with van der Waals surface area (Å²) in [6.45, 7) is 11.3. The molecule has 0 aliphatic rings. The van der Waals surface area contributed by atoms with E-state index >= 15 is 0 Å². The highest BCUT2D eigenvalue weighted by molar-refractivity contribution is 5.65. The molecular weight excluding hydrogens is 350 g/mol. The zero-order valence-corrected chi connectivity index (χ0v) is 17.0. The third-order valence-electron chi connectivity index (χ3n) is 4.16. The monoisotopic (exact) mass is 383 g/mol. The molecule has 0 saturated heterocycles. The van der Waals surface area contributed by atoms with Crippen molar-refractivity contribution < 1.29 is 15.0 Å². The van der Waals surface area contributed by atoms with Crippen LogP contribution in [0, 0.1) is 31.6 Å². The van der Waals surface area contributed by atoms with Gasteiger partial charge < -0.3 is 10.4 Å². The van der Waals surface area contributed by atoms with E-state index in [1.54, 1.807) is 0 Å². The number of hydrogen-bond donors (Lipinski definition) is 2. The molecule has 0 atom stereocenters. The van der Waals surface area contributed by atoms with Gasteiger partial charge in [-0.3, -0.25) is 20.2 Å². The van der Waals surface area contributed by atoms with Crippen molar-refractivity contribution in [3.05, 3.63) is 38.4 Å². The number of aliphatic hydroxyl groups is 1. The third kappa shape index (κ3) is 10.5. The van der Waals surface area contributed by atoms with E-state index in [-0.39, 0.29) is 29.1 Å². The van der Waals surface area contributed by atoms with Crippen LogP contribution in [-0.4, -0.2) is 28.1 Å². The number of nitro groups is 2. The van der Waals surface area contributed by atoms with Gasteiger partial charge in [0.15, 0.2) is 0 Å². The average Bonchev–Trinajstić information content (AvgIpc) is 2.54. The van der Waals surface area contributed by atoms with Crippen LogP contribution < -0.4 is 5.32 Å². The Morgan fingerprint density at radius 1 is 1.15 bits per heavy atom. The Bertz CT molecular complexity index is 603. The fraction of sp³-hybridized carbons (Fsp3) is 0.684. The average molecular weight is 383 g/mol. The molecule has 1 aromatic carbocycles. The highest BCUT2D eigenvalue weighted by Gasteiger charge is 2.21. The summed E-state index contributed by atoms with van der Waals surface area (Å²) >= 11 is 0. The maximum atomic E-state index is 11.0. The molecule has 1 aromatic rings. The predicted octanol–water partition coefficient (Wildman–Crippen LogP) is 5.16. The molecule has 8 nitrogen and oxygen atoms in total. The van der Waals surface area contributed by atoms with Crippen LogP contribution >= 0.6 is 0 Å². The van der Waals surface area contributed by atoms with Crippen molar-refractivity contribution in [2.45, 2.75) is 60.3 Å². The van der Waals surface area contributed by atoms with Crippen molar-refractivity contribution in [1.29, 1.82) is 0 Å². The zero-order valence-electron chi connectivity index (χ0n) is 17.0. The van der Waals surface area contributed by atoms with Gasteiger partial charge in [0.2, 0.25) is 0 Å². The second kappa shape index (κ2) is 12.2. The van der Waals surface area contributed by atoms with Crippen molar-refractivity contribution >= 4 is 17.1 Å². The van der Waals surface area contributed by atoms with Crippen LogP contribution in [0.5, 0.6) is 0 Å². The molecule has 0 bridgehead atoms. The number of anilines is 1. The van der Waals surface area contributed by atoms with Crippen molar-refractivity contribution in [1.82, 2.24) is 0 Å². The van der Waals surface area contributed by atoms with Gasteiger partial charge in [0.25, 0.3) is 11.4 Å². The lowest BCUT2D eigenvalue weighted by atomic mass is 9.86. The Hall–Kier alpha value is -2.22. The number of nitrogens with one attached hydrogen (secondary N) is 1. The van der Waals surface area contributed by atoms with E-state index < -0.39 is 9.85 Å². The minimum Gasteiger partial charge on any atom is -0.396 e. The Kier molecular flexibility index (Phi) is 11.2. The molecule has 0 amide bonds. The first kappa shape index (κ1) is 24.8. The van der Waals surface area contributed by atoms with E-state index in [1.165, 1.54) is 25.0 Å². The molecule has 0 radical (unpaired) electrons. The summed E-state index contributed by atoms with van der Waals surface area (Å²) < 4.78 is 0. The highest BCUT2D eigenvalue weighted by Crippen LogP contribution is 2.30. The number of benzene rings is 1. The van der Waals surface area contributed by atoms with Gasteiger partial charge in [0.05, 0.1) is 15.9 Å². The lowest BCUT2D eigenvalue weighted by molar-refractivity contribution is -0.393. The van der Waals surface area contributed by atoms with Gasteiger partial charge in [-0.2, -0.15) is 0 Å². The van der Waals surface area contributed by atoms with Gasteiger partial charge in [-0.1, -0.05) is 47.5 Å². The minimum absolute atomic E-state index is 0.0860. The molecular formula is C19H33N3O5. The summed E-state index contributed by atoms with van der Waals surface area (Å²) in [5.74, 6) is 0.898. The van der Waals surface area contributed by atoms with E-state index in [4.69, 9.17) is 5.11 Å². The highest BCUT2D eigenvalue weighted by atomic mass is 16.6. The fourth-order valence-corrected chi connectivity index (χ4v) is 2.47. The summed E-state index contributed by atoms with van der Waals surface area (Å²) in [6.07, 6.45) is 4.05. The van der Waals surface area contributed by atoms with E-state index in [1.807, 2.05) is 13.8 Å². The van der Waals surface area contributed by atoms with Crippen LogP contribution in [0.3, 0.4) is 0 Å². The van der Waals surface area contributed by atoms with Crippen LogP contribution in [0.25, 0.3) is 0 Å². The van der Waals surface area contributed by atoms with Crippen molar-refractivity contribution in [2.75, 3.05) is 18.5 Å². The summed E-state index contributed by atoms with van der Waals surface area (Å²) in [6, 6.07) is 3.52. The minimum atomic E-state index is -0.666. The smallest absolute Gasteiger partial charge is 0.299 e. The SMILES string of the molecule is CC(C)(CCO)CCNc1ccc([N+](=O)[O-])cc1[N+](=O)[O-].CCCC(C)C. The summed E-state index contributed by atoms with van der Waals surface area (Å²) in [4.78, 5) is 20.3. The zero-order chi connectivity index (χ0) is 21.0. The van der Waals surface area contributed by atoms with Crippen LogP contribution in [-0.2, 0) is 0 Å². The first-order valence-corrected chi connectivity index (χ1v) is 9.31. The molecule has 2 N–H and O–H groups in total. The molecule has 154 valence electrons. The lowest BCUT2D eigenvalue weighted by Crippen LogP contribution is -2.18. The Labute approximate surface area is 161 Å². The Morgan fingerprint density at radius 2 is 1.78 bits per heavy atom. The van der Waals surface area contributed by atoms with Gasteiger partial charge in [0, 0.05) is 19.2 Å². The van der Waals surface area contributed by atoms with E-state index in [9.17, 15) is 20.2 Å². The molecule has 0 heterocycles. The number of non-ortho nitro benzene ring substituents is 1.